The maximum absolute atomic E-state index is 5.60. The third-order valence-corrected chi connectivity index (χ3v) is 1.72. The summed E-state index contributed by atoms with van der Waals surface area (Å²) in [5.41, 5.74) is 6.29. The molecule has 0 aliphatic carbocycles. The van der Waals surface area contributed by atoms with Crippen LogP contribution in [-0.4, -0.2) is 13.4 Å². The second-order valence-corrected chi connectivity index (χ2v) is 2.76. The van der Waals surface area contributed by atoms with Gasteiger partial charge in [-0.15, -0.1) is 0 Å². The van der Waals surface area contributed by atoms with Gasteiger partial charge in [-0.1, -0.05) is 13.0 Å². The fourth-order valence-electron chi connectivity index (χ4n) is 1.04. The first-order valence-electron chi connectivity index (χ1n) is 4.31. The smallest absolute Gasteiger partial charge is 0.199 e. The van der Waals surface area contributed by atoms with Crippen LogP contribution in [0.5, 0.6) is 5.75 Å². The molecular formula is C10H15NO2. The molecular weight excluding hydrogens is 166 g/mol. The van der Waals surface area contributed by atoms with E-state index >= 15 is 0 Å². The highest BCUT2D eigenvalue weighted by Crippen LogP contribution is 2.16. The number of benzene rings is 1. The Balaban J connectivity index is 2.62. The van der Waals surface area contributed by atoms with Crippen molar-refractivity contribution in [1.29, 1.82) is 0 Å². The Morgan fingerprint density at radius 1 is 1.46 bits per heavy atom. The van der Waals surface area contributed by atoms with Gasteiger partial charge >= 0.3 is 0 Å². The van der Waals surface area contributed by atoms with E-state index in [-0.39, 0.29) is 6.29 Å². The van der Waals surface area contributed by atoms with E-state index in [1.807, 2.05) is 25.1 Å². The topological polar surface area (TPSA) is 44.5 Å². The van der Waals surface area contributed by atoms with Gasteiger partial charge in [0.25, 0.3) is 0 Å². The molecule has 0 saturated carbocycles. The molecule has 1 rings (SSSR count). The molecule has 0 radical (unpaired) electrons. The number of ether oxygens (including phenoxy) is 2. The van der Waals surface area contributed by atoms with E-state index in [9.17, 15) is 0 Å². The monoisotopic (exact) mass is 181 g/mol. The number of hydrogen-bond donors (Lipinski definition) is 1. The molecule has 1 aromatic rings. The van der Waals surface area contributed by atoms with Crippen LogP contribution in [0.2, 0.25) is 0 Å². The van der Waals surface area contributed by atoms with E-state index in [1.165, 1.54) is 0 Å². The zero-order valence-electron chi connectivity index (χ0n) is 7.99. The molecule has 0 heterocycles. The van der Waals surface area contributed by atoms with Crippen molar-refractivity contribution < 1.29 is 9.47 Å². The molecule has 1 aromatic carbocycles. The van der Waals surface area contributed by atoms with Crippen molar-refractivity contribution in [2.75, 3.05) is 12.8 Å². The summed E-state index contributed by atoms with van der Waals surface area (Å²) >= 11 is 0. The fourth-order valence-corrected chi connectivity index (χ4v) is 1.04. The van der Waals surface area contributed by atoms with Crippen LogP contribution in [0.4, 0.5) is 5.69 Å². The van der Waals surface area contributed by atoms with Crippen molar-refractivity contribution in [1.82, 2.24) is 0 Å². The van der Waals surface area contributed by atoms with Crippen LogP contribution in [0.25, 0.3) is 0 Å². The molecule has 13 heavy (non-hydrogen) atoms. The van der Waals surface area contributed by atoms with Crippen LogP contribution in [0.3, 0.4) is 0 Å². The Labute approximate surface area is 78.5 Å². The number of anilines is 1. The third kappa shape index (κ3) is 2.95. The van der Waals surface area contributed by atoms with Gasteiger partial charge in [0, 0.05) is 25.3 Å². The van der Waals surface area contributed by atoms with Gasteiger partial charge in [-0.05, 0) is 12.1 Å². The maximum atomic E-state index is 5.60. The zero-order valence-corrected chi connectivity index (χ0v) is 7.99. The molecule has 0 aliphatic rings. The Morgan fingerprint density at radius 2 is 2.23 bits per heavy atom. The molecule has 3 heteroatoms. The van der Waals surface area contributed by atoms with Gasteiger partial charge in [0.15, 0.2) is 6.29 Å². The SMILES string of the molecule is CCC(OC)Oc1cccc(N)c1. The van der Waals surface area contributed by atoms with Crippen molar-refractivity contribution in [2.24, 2.45) is 0 Å². The van der Waals surface area contributed by atoms with Crippen LogP contribution in [0.15, 0.2) is 24.3 Å². The first-order chi connectivity index (χ1) is 6.26. The number of nitrogen functional groups attached to an aromatic ring is 1. The molecule has 1 atom stereocenters. The van der Waals surface area contributed by atoms with Crippen LogP contribution < -0.4 is 10.5 Å². The van der Waals surface area contributed by atoms with Gasteiger partial charge in [0.1, 0.15) is 5.75 Å². The zero-order chi connectivity index (χ0) is 9.68. The molecule has 2 N–H and O–H groups in total. The first-order valence-corrected chi connectivity index (χ1v) is 4.31. The summed E-state index contributed by atoms with van der Waals surface area (Å²) in [5.74, 6) is 0.744. The minimum Gasteiger partial charge on any atom is -0.465 e. The maximum Gasteiger partial charge on any atom is 0.199 e. The number of methoxy groups -OCH3 is 1. The van der Waals surface area contributed by atoms with Gasteiger partial charge in [-0.25, -0.2) is 0 Å². The predicted molar refractivity (Wildman–Crippen MR) is 52.6 cm³/mol. The molecule has 0 fully saturated rings. The van der Waals surface area contributed by atoms with Crippen LogP contribution in [0, 0.1) is 0 Å². The first kappa shape index (κ1) is 9.86. The van der Waals surface area contributed by atoms with E-state index in [0.717, 1.165) is 12.2 Å². The molecule has 0 saturated heterocycles. The largest absolute Gasteiger partial charge is 0.465 e. The van der Waals surface area contributed by atoms with Gasteiger partial charge in [-0.3, -0.25) is 0 Å². The number of hydrogen-bond acceptors (Lipinski definition) is 3. The number of nitrogens with two attached hydrogens (primary N) is 1. The van der Waals surface area contributed by atoms with Crippen molar-refractivity contribution >= 4 is 5.69 Å². The molecule has 0 bridgehead atoms. The normalized spacial score (nSPS) is 12.5. The molecule has 1 unspecified atom stereocenters. The lowest BCUT2D eigenvalue weighted by Gasteiger charge is -2.15. The molecule has 0 aromatic heterocycles. The lowest BCUT2D eigenvalue weighted by molar-refractivity contribution is -0.0547. The Kier molecular flexibility index (Phi) is 3.58. The lowest BCUT2D eigenvalue weighted by Crippen LogP contribution is -2.17. The van der Waals surface area contributed by atoms with E-state index in [2.05, 4.69) is 0 Å². The van der Waals surface area contributed by atoms with Crippen molar-refractivity contribution in [2.45, 2.75) is 19.6 Å². The minimum atomic E-state index is -0.193. The molecule has 72 valence electrons. The van der Waals surface area contributed by atoms with Gasteiger partial charge in [0.05, 0.1) is 0 Å². The highest BCUT2D eigenvalue weighted by atomic mass is 16.7. The van der Waals surface area contributed by atoms with Gasteiger partial charge in [0.2, 0.25) is 0 Å². The Bertz CT molecular complexity index is 259. The molecule has 3 nitrogen and oxygen atoms in total. The summed E-state index contributed by atoms with van der Waals surface area (Å²) < 4.78 is 10.6. The summed E-state index contributed by atoms with van der Waals surface area (Å²) in [7, 11) is 1.63. The lowest BCUT2D eigenvalue weighted by atomic mass is 10.3. The standard InChI is InChI=1S/C10H15NO2/c1-3-10(12-2)13-9-6-4-5-8(11)7-9/h4-7,10H,3,11H2,1-2H3. The highest BCUT2D eigenvalue weighted by Gasteiger charge is 2.04. The Morgan fingerprint density at radius 3 is 2.77 bits per heavy atom. The minimum absolute atomic E-state index is 0.193. The summed E-state index contributed by atoms with van der Waals surface area (Å²) in [6.45, 7) is 2.00. The fraction of sp³-hybridized carbons (Fsp3) is 0.400. The van der Waals surface area contributed by atoms with Crippen molar-refractivity contribution in [3.05, 3.63) is 24.3 Å². The predicted octanol–water partition coefficient (Wildman–Crippen LogP) is 2.03. The van der Waals surface area contributed by atoms with Crippen LogP contribution in [-0.2, 0) is 4.74 Å². The summed E-state index contributed by atoms with van der Waals surface area (Å²) in [5, 5.41) is 0. The van der Waals surface area contributed by atoms with Crippen molar-refractivity contribution in [3.63, 3.8) is 0 Å². The quantitative estimate of drug-likeness (QED) is 0.571. The van der Waals surface area contributed by atoms with E-state index in [4.69, 9.17) is 15.2 Å². The van der Waals surface area contributed by atoms with E-state index < -0.39 is 0 Å². The second kappa shape index (κ2) is 4.72. The van der Waals surface area contributed by atoms with Crippen LogP contribution in [0.1, 0.15) is 13.3 Å². The second-order valence-electron chi connectivity index (χ2n) is 2.76. The average Bonchev–Trinajstić information content (AvgIpc) is 2.14. The van der Waals surface area contributed by atoms with E-state index in [0.29, 0.717) is 5.69 Å². The van der Waals surface area contributed by atoms with Crippen LogP contribution >= 0.6 is 0 Å². The summed E-state index contributed by atoms with van der Waals surface area (Å²) in [6.07, 6.45) is 0.618. The number of rotatable bonds is 4. The molecule has 0 spiro atoms. The van der Waals surface area contributed by atoms with Gasteiger partial charge in [-0.2, -0.15) is 0 Å². The highest BCUT2D eigenvalue weighted by molar-refractivity contribution is 5.43. The summed E-state index contributed by atoms with van der Waals surface area (Å²) in [4.78, 5) is 0. The van der Waals surface area contributed by atoms with E-state index in [1.54, 1.807) is 13.2 Å². The summed E-state index contributed by atoms with van der Waals surface area (Å²) in [6, 6.07) is 7.31. The van der Waals surface area contributed by atoms with Gasteiger partial charge < -0.3 is 15.2 Å². The molecule has 0 amide bonds. The van der Waals surface area contributed by atoms with Crippen molar-refractivity contribution in [3.8, 4) is 5.75 Å². The Hall–Kier alpha value is -1.22. The molecule has 0 aliphatic heterocycles. The third-order valence-electron chi connectivity index (χ3n) is 1.72. The average molecular weight is 181 g/mol.